The molecule has 0 radical (unpaired) electrons. The zero-order valence-corrected chi connectivity index (χ0v) is 9.76. The molecule has 17 heavy (non-hydrogen) atoms. The third kappa shape index (κ3) is 11.0. The Balaban J connectivity index is 0.000000325. The first kappa shape index (κ1) is 15.7. The summed E-state index contributed by atoms with van der Waals surface area (Å²) in [7, 11) is -6.84. The normalized spacial score (nSPS) is 19.8. The van der Waals surface area contributed by atoms with Crippen LogP contribution in [0, 0.1) is 5.39 Å². The van der Waals surface area contributed by atoms with Gasteiger partial charge in [0, 0.05) is 27.2 Å². The summed E-state index contributed by atoms with van der Waals surface area (Å²) >= 11 is 0. The van der Waals surface area contributed by atoms with E-state index in [1.165, 1.54) is 0 Å². The predicted molar refractivity (Wildman–Crippen MR) is 51.3 cm³/mol. The van der Waals surface area contributed by atoms with Crippen LogP contribution in [-0.2, 0) is 0 Å². The van der Waals surface area contributed by atoms with Gasteiger partial charge in [-0.05, 0) is 0 Å². The number of hydrogen-bond donors (Lipinski definition) is 0. The molecule has 1 saturated heterocycles. The number of rotatable bonds is 0. The van der Waals surface area contributed by atoms with Gasteiger partial charge in [-0.25, -0.2) is 0 Å². The Hall–Kier alpha value is -1.30. The Morgan fingerprint density at radius 1 is 1.06 bits per heavy atom. The first-order chi connectivity index (χ1) is 7.20. The second-order valence-corrected chi connectivity index (χ2v) is 5.21. The van der Waals surface area contributed by atoms with Crippen LogP contribution < -0.4 is 0 Å². The van der Waals surface area contributed by atoms with E-state index in [0.29, 0.717) is 5.96 Å². The van der Waals surface area contributed by atoms with E-state index in [1.807, 2.05) is 23.9 Å². The van der Waals surface area contributed by atoms with Crippen LogP contribution in [0.3, 0.4) is 0 Å². The van der Waals surface area contributed by atoms with Gasteiger partial charge in [0.25, 0.3) is 11.4 Å². The molecule has 5 nitrogen and oxygen atoms in total. The molecule has 0 unspecified atom stereocenters. The minimum atomic E-state index is -10.7. The number of nitrogens with zero attached hydrogens (tertiary/aromatic N) is 5. The SMILES string of the molecule is CN1CCN(C)C1=N[N+]#N.F[P-](F)(F)(F)(F)F. The van der Waals surface area contributed by atoms with Gasteiger partial charge in [0.15, 0.2) is 0 Å². The van der Waals surface area contributed by atoms with Gasteiger partial charge in [-0.1, -0.05) is 0 Å². The van der Waals surface area contributed by atoms with Crippen molar-refractivity contribution < 1.29 is 25.2 Å². The molecule has 0 aromatic carbocycles. The van der Waals surface area contributed by atoms with Crippen molar-refractivity contribution in [2.75, 3.05) is 27.2 Å². The van der Waals surface area contributed by atoms with E-state index in [-0.39, 0.29) is 0 Å². The fourth-order valence-electron chi connectivity index (χ4n) is 0.984. The van der Waals surface area contributed by atoms with Crippen LogP contribution in [0.5, 0.6) is 0 Å². The Morgan fingerprint density at radius 2 is 1.35 bits per heavy atom. The van der Waals surface area contributed by atoms with Gasteiger partial charge in [-0.2, -0.15) is 0 Å². The maximum absolute atomic E-state index is 10.7. The standard InChI is InChI=1S/C5H10N5.F6P/c1-9-3-4-10(2)5(9)7-8-6;1-7(2,3,4,5)6/h3-4H2,1-2H3;/q+1;-1. The van der Waals surface area contributed by atoms with E-state index in [2.05, 4.69) is 10.2 Å². The van der Waals surface area contributed by atoms with Crippen molar-refractivity contribution in [3.05, 3.63) is 5.08 Å². The van der Waals surface area contributed by atoms with E-state index in [1.54, 1.807) is 0 Å². The zero-order valence-electron chi connectivity index (χ0n) is 8.87. The summed E-state index contributed by atoms with van der Waals surface area (Å²) in [5.41, 5.74) is 0. The molecule has 1 aliphatic rings. The Kier molecular flexibility index (Phi) is 3.57. The van der Waals surface area contributed by atoms with Crippen LogP contribution in [0.2, 0.25) is 0 Å². The van der Waals surface area contributed by atoms with E-state index in [0.717, 1.165) is 13.1 Å². The molecule has 1 heterocycles. The maximum atomic E-state index is 9.87. The molecule has 0 bridgehead atoms. The van der Waals surface area contributed by atoms with Gasteiger partial charge < -0.3 is 9.80 Å². The summed E-state index contributed by atoms with van der Waals surface area (Å²) in [5.74, 6) is 0.711. The van der Waals surface area contributed by atoms with Crippen LogP contribution >= 0.6 is 7.81 Å². The predicted octanol–water partition coefficient (Wildman–Crippen LogP) is 3.37. The van der Waals surface area contributed by atoms with Crippen LogP contribution in [0.15, 0.2) is 5.10 Å². The average Bonchev–Trinajstić information content (AvgIpc) is 2.30. The van der Waals surface area contributed by atoms with Gasteiger partial charge in [0.2, 0.25) is 5.10 Å². The summed E-state index contributed by atoms with van der Waals surface area (Å²) in [6, 6.07) is 0. The molecule has 0 saturated carbocycles. The molecule has 0 aliphatic carbocycles. The number of hydrogen-bond acceptors (Lipinski definition) is 2. The first-order valence-corrected chi connectivity index (χ1v) is 6.14. The topological polar surface area (TPSA) is 47.0 Å². The zero-order chi connectivity index (χ0) is 14.0. The Bertz CT molecular complexity index is 330. The minimum absolute atomic E-state index is 0.711. The molecule has 1 fully saturated rings. The Morgan fingerprint density at radius 3 is 1.59 bits per heavy atom. The van der Waals surface area contributed by atoms with Crippen LogP contribution in [-0.4, -0.2) is 42.9 Å². The summed E-state index contributed by atoms with van der Waals surface area (Å²) in [5, 5.41) is 14.4. The quantitative estimate of drug-likeness (QED) is 0.297. The molecule has 0 atom stereocenters. The summed E-state index contributed by atoms with van der Waals surface area (Å²) in [6.07, 6.45) is 0. The molecule has 1 aliphatic heterocycles. The number of halogens is 6. The number of guanidine groups is 1. The third-order valence-corrected chi connectivity index (χ3v) is 1.59. The first-order valence-electron chi connectivity index (χ1n) is 4.11. The van der Waals surface area contributed by atoms with Gasteiger partial charge in [0.1, 0.15) is 0 Å². The molecule has 0 N–H and O–H groups in total. The Labute approximate surface area is 92.5 Å². The molecule has 0 amide bonds. The third-order valence-electron chi connectivity index (χ3n) is 1.59. The molecule has 0 aromatic heterocycles. The van der Waals surface area contributed by atoms with Gasteiger partial charge in [0.05, 0.1) is 0 Å². The molecule has 1 rings (SSSR count). The summed E-state index contributed by atoms with van der Waals surface area (Å²) < 4.78 is 59.2. The molecular weight excluding hydrogens is 275 g/mol. The molecule has 0 spiro atoms. The van der Waals surface area contributed by atoms with Crippen molar-refractivity contribution in [2.24, 2.45) is 5.10 Å². The van der Waals surface area contributed by atoms with E-state index >= 15 is 0 Å². The molecule has 12 heteroatoms. The van der Waals surface area contributed by atoms with E-state index in [4.69, 9.17) is 5.39 Å². The van der Waals surface area contributed by atoms with E-state index in [9.17, 15) is 25.2 Å². The summed E-state index contributed by atoms with van der Waals surface area (Å²) in [6.45, 7) is 1.87. The monoisotopic (exact) mass is 285 g/mol. The number of diazo groups is 1. The number of likely N-dealkylation sites (N-methyl/N-ethyl adjacent to an activating group) is 2. The second-order valence-electron chi connectivity index (χ2n) is 3.29. The van der Waals surface area contributed by atoms with Gasteiger partial charge in [-0.3, -0.25) is 0 Å². The van der Waals surface area contributed by atoms with Gasteiger partial charge in [-0.15, -0.1) is 0 Å². The van der Waals surface area contributed by atoms with Crippen LogP contribution in [0.4, 0.5) is 25.2 Å². The summed E-state index contributed by atoms with van der Waals surface area (Å²) in [4.78, 5) is 3.86. The van der Waals surface area contributed by atoms with Crippen molar-refractivity contribution >= 4 is 13.8 Å². The average molecular weight is 285 g/mol. The van der Waals surface area contributed by atoms with Crippen molar-refractivity contribution in [1.82, 2.24) is 9.80 Å². The fourth-order valence-corrected chi connectivity index (χ4v) is 0.984. The van der Waals surface area contributed by atoms with Crippen LogP contribution in [0.25, 0.3) is 5.08 Å². The van der Waals surface area contributed by atoms with Crippen LogP contribution in [0.1, 0.15) is 0 Å². The van der Waals surface area contributed by atoms with Gasteiger partial charge >= 0.3 is 38.1 Å². The fraction of sp³-hybridized carbons (Fsp3) is 0.800. The molecule has 0 aromatic rings. The molecular formula is C5H10F6N5P. The molecule has 102 valence electrons. The van der Waals surface area contributed by atoms with Crippen molar-refractivity contribution in [2.45, 2.75) is 0 Å². The van der Waals surface area contributed by atoms with Crippen molar-refractivity contribution in [1.29, 1.82) is 5.39 Å². The van der Waals surface area contributed by atoms with Crippen molar-refractivity contribution in [3.63, 3.8) is 0 Å². The second kappa shape index (κ2) is 3.87. The van der Waals surface area contributed by atoms with E-state index < -0.39 is 7.81 Å². The van der Waals surface area contributed by atoms with Crippen molar-refractivity contribution in [3.8, 4) is 0 Å².